The third kappa shape index (κ3) is 13.2. The molecule has 4 rings (SSSR count). The second-order valence-corrected chi connectivity index (χ2v) is 14.4. The summed E-state index contributed by atoms with van der Waals surface area (Å²) < 4.78 is 22.0. The Morgan fingerprint density at radius 2 is 1.46 bits per heavy atom. The smallest absolute Gasteiger partial charge is 0.407 e. The highest BCUT2D eigenvalue weighted by atomic mass is 16.6. The molecule has 11 nitrogen and oxygen atoms in total. The molecule has 0 saturated carbocycles. The Morgan fingerprint density at radius 1 is 0.846 bits per heavy atom. The zero-order valence-electron chi connectivity index (χ0n) is 31.3. The Kier molecular flexibility index (Phi) is 15.9. The molecule has 0 fully saturated rings. The van der Waals surface area contributed by atoms with Gasteiger partial charge in [0.2, 0.25) is 5.91 Å². The zero-order valence-corrected chi connectivity index (χ0v) is 31.3. The van der Waals surface area contributed by atoms with Gasteiger partial charge in [-0.1, -0.05) is 66.7 Å². The monoisotopic (exact) mass is 719 g/mol. The van der Waals surface area contributed by atoms with Crippen LogP contribution in [0.15, 0.2) is 78.9 Å². The number of ether oxygens (including phenoxy) is 4. The Morgan fingerprint density at radius 3 is 2.12 bits per heavy atom. The number of carbonyl (C=O) groups excluding carboxylic acids is 2. The van der Waals surface area contributed by atoms with Gasteiger partial charge in [0.25, 0.3) is 0 Å². The van der Waals surface area contributed by atoms with Crippen molar-refractivity contribution in [3.8, 4) is 5.75 Å². The van der Waals surface area contributed by atoms with Crippen molar-refractivity contribution in [3.05, 3.63) is 101 Å². The average Bonchev–Trinajstić information content (AvgIpc) is 3.43. The maximum atomic E-state index is 14.1. The van der Waals surface area contributed by atoms with Crippen molar-refractivity contribution >= 4 is 12.0 Å². The molecule has 3 aromatic carbocycles. The lowest BCUT2D eigenvalue weighted by molar-refractivity contribution is -0.127. The van der Waals surface area contributed by atoms with E-state index in [1.54, 1.807) is 35.0 Å². The van der Waals surface area contributed by atoms with Crippen molar-refractivity contribution in [1.29, 1.82) is 0 Å². The number of benzene rings is 3. The third-order valence-corrected chi connectivity index (χ3v) is 9.17. The Labute approximate surface area is 308 Å². The number of hydrogen-bond acceptors (Lipinski definition) is 9. The molecule has 284 valence electrons. The number of aliphatic hydroxyl groups is 2. The first kappa shape index (κ1) is 40.8. The first-order valence-corrected chi connectivity index (χ1v) is 18.2. The summed E-state index contributed by atoms with van der Waals surface area (Å²) in [6.45, 7) is 9.35. The molecule has 1 aliphatic carbocycles. The summed E-state index contributed by atoms with van der Waals surface area (Å²) in [5.41, 5.74) is 2.97. The quantitative estimate of drug-likeness (QED) is 0.133. The van der Waals surface area contributed by atoms with E-state index in [4.69, 9.17) is 18.9 Å². The van der Waals surface area contributed by atoms with Crippen LogP contribution in [0.25, 0.3) is 0 Å². The van der Waals surface area contributed by atoms with Crippen molar-refractivity contribution < 1.29 is 38.7 Å². The zero-order chi connectivity index (χ0) is 37.5. The molecule has 0 heterocycles. The van der Waals surface area contributed by atoms with Gasteiger partial charge in [-0.25, -0.2) is 4.79 Å². The van der Waals surface area contributed by atoms with Crippen LogP contribution in [-0.2, 0) is 38.3 Å². The molecule has 0 aromatic heterocycles. The fraction of sp³-hybridized carbons (Fsp3) is 0.512. The van der Waals surface area contributed by atoms with E-state index in [1.165, 1.54) is 0 Å². The van der Waals surface area contributed by atoms with Crippen LogP contribution < -0.4 is 15.4 Å². The van der Waals surface area contributed by atoms with Gasteiger partial charge in [-0.05, 0) is 74.4 Å². The van der Waals surface area contributed by atoms with Crippen molar-refractivity contribution in [2.75, 3.05) is 53.7 Å². The summed E-state index contributed by atoms with van der Waals surface area (Å²) in [4.78, 5) is 29.3. The standard InChI is InChI=1S/C41H57N3O8/c1-41(2,3)52-40(48)42-35(26-29-11-7-6-8-12-29)36(45)28-32(39(47)43-38-34-14-10-9-13-31(34)27-37(38)46)25-30-15-17-33(18-16-30)51-24-21-44(19-22-49-4)20-23-50-5/h6-18,32,35-38,45-46H,19-28H2,1-5H3,(H,42,48)(H,43,47)/t32?,35?,36?,37-,38-/m0/s1. The number of hydrogen-bond donors (Lipinski definition) is 4. The summed E-state index contributed by atoms with van der Waals surface area (Å²) in [5.74, 6) is -0.267. The topological polar surface area (TPSA) is 139 Å². The summed E-state index contributed by atoms with van der Waals surface area (Å²) in [7, 11) is 3.37. The number of rotatable bonds is 20. The normalized spacial score (nSPS) is 17.2. The van der Waals surface area contributed by atoms with Gasteiger partial charge in [0.15, 0.2) is 0 Å². The molecule has 0 spiro atoms. The van der Waals surface area contributed by atoms with E-state index in [9.17, 15) is 19.8 Å². The third-order valence-electron chi connectivity index (χ3n) is 9.17. The van der Waals surface area contributed by atoms with Crippen LogP contribution in [0.1, 0.15) is 55.5 Å². The summed E-state index contributed by atoms with van der Waals surface area (Å²) >= 11 is 0. The largest absolute Gasteiger partial charge is 0.492 e. The van der Waals surface area contributed by atoms with Gasteiger partial charge in [-0.3, -0.25) is 9.69 Å². The van der Waals surface area contributed by atoms with Gasteiger partial charge in [-0.2, -0.15) is 0 Å². The number of alkyl carbamates (subject to hydrolysis) is 1. The number of nitrogens with zero attached hydrogens (tertiary/aromatic N) is 1. The lowest BCUT2D eigenvalue weighted by Crippen LogP contribution is -2.48. The van der Waals surface area contributed by atoms with E-state index in [-0.39, 0.29) is 12.3 Å². The lowest BCUT2D eigenvalue weighted by atomic mass is 9.88. The van der Waals surface area contributed by atoms with E-state index in [0.29, 0.717) is 51.4 Å². The van der Waals surface area contributed by atoms with Gasteiger partial charge in [0.1, 0.15) is 18.0 Å². The first-order valence-electron chi connectivity index (χ1n) is 18.2. The Balaban J connectivity index is 1.50. The van der Waals surface area contributed by atoms with Crippen LogP contribution in [0.4, 0.5) is 4.79 Å². The first-order chi connectivity index (χ1) is 25.0. The number of fused-ring (bicyclic) bond motifs is 1. The average molecular weight is 720 g/mol. The highest BCUT2D eigenvalue weighted by molar-refractivity contribution is 5.80. The van der Waals surface area contributed by atoms with Crippen LogP contribution in [0, 0.1) is 5.92 Å². The molecule has 1 aliphatic rings. The molecule has 11 heteroatoms. The van der Waals surface area contributed by atoms with Crippen molar-refractivity contribution in [1.82, 2.24) is 15.5 Å². The Hall–Kier alpha value is -4.00. The molecule has 2 amide bonds. The predicted octanol–water partition coefficient (Wildman–Crippen LogP) is 4.48. The lowest BCUT2D eigenvalue weighted by Gasteiger charge is -2.30. The minimum Gasteiger partial charge on any atom is -0.492 e. The molecule has 0 bridgehead atoms. The van der Waals surface area contributed by atoms with Gasteiger partial charge in [-0.15, -0.1) is 0 Å². The van der Waals surface area contributed by atoms with Crippen LogP contribution in [0.2, 0.25) is 0 Å². The number of amides is 2. The van der Waals surface area contributed by atoms with Crippen LogP contribution in [-0.4, -0.2) is 105 Å². The maximum Gasteiger partial charge on any atom is 0.407 e. The molecular weight excluding hydrogens is 662 g/mol. The molecule has 0 aliphatic heterocycles. The molecule has 3 aromatic rings. The van der Waals surface area contributed by atoms with Gasteiger partial charge < -0.3 is 39.8 Å². The SMILES string of the molecule is COCCN(CCOC)CCOc1ccc(CC(CC(O)C(Cc2ccccc2)NC(=O)OC(C)(C)C)C(=O)N[C@H]2c3ccccc3C[C@@H]2O)cc1. The van der Waals surface area contributed by atoms with Crippen molar-refractivity contribution in [2.24, 2.45) is 5.92 Å². The van der Waals surface area contributed by atoms with Crippen LogP contribution in [0.3, 0.4) is 0 Å². The van der Waals surface area contributed by atoms with Crippen molar-refractivity contribution in [2.45, 2.75) is 76.3 Å². The molecule has 3 unspecified atom stereocenters. The van der Waals surface area contributed by atoms with E-state index in [1.807, 2.05) is 78.9 Å². The molecule has 5 atom stereocenters. The van der Waals surface area contributed by atoms with Gasteiger partial charge >= 0.3 is 6.09 Å². The predicted molar refractivity (Wildman–Crippen MR) is 200 cm³/mol. The molecule has 4 N–H and O–H groups in total. The fourth-order valence-electron chi connectivity index (χ4n) is 6.44. The van der Waals surface area contributed by atoms with Gasteiger partial charge in [0.05, 0.1) is 37.5 Å². The Bertz CT molecular complexity index is 1510. The van der Waals surface area contributed by atoms with Gasteiger partial charge in [0, 0.05) is 46.2 Å². The summed E-state index contributed by atoms with van der Waals surface area (Å²) in [6, 6.07) is 23.6. The number of methoxy groups -OCH3 is 2. The van der Waals surface area contributed by atoms with E-state index in [0.717, 1.165) is 35.3 Å². The number of carbonyl (C=O) groups is 2. The second-order valence-electron chi connectivity index (χ2n) is 14.4. The highest BCUT2D eigenvalue weighted by Crippen LogP contribution is 2.32. The minimum absolute atomic E-state index is 0.0562. The summed E-state index contributed by atoms with van der Waals surface area (Å²) in [6.07, 6.45) is -1.33. The van der Waals surface area contributed by atoms with Crippen LogP contribution in [0.5, 0.6) is 5.75 Å². The molecular formula is C41H57N3O8. The number of aliphatic hydroxyl groups excluding tert-OH is 2. The molecule has 0 saturated heterocycles. The molecule has 52 heavy (non-hydrogen) atoms. The van der Waals surface area contributed by atoms with Crippen molar-refractivity contribution in [3.63, 3.8) is 0 Å². The fourth-order valence-corrected chi connectivity index (χ4v) is 6.44. The van der Waals surface area contributed by atoms with E-state index >= 15 is 0 Å². The maximum absolute atomic E-state index is 14.1. The van der Waals surface area contributed by atoms with Crippen LogP contribution >= 0.6 is 0 Å². The van der Waals surface area contributed by atoms with E-state index < -0.39 is 41.9 Å². The molecule has 0 radical (unpaired) electrons. The number of nitrogens with one attached hydrogen (secondary N) is 2. The summed E-state index contributed by atoms with van der Waals surface area (Å²) in [5, 5.41) is 28.6. The highest BCUT2D eigenvalue weighted by Gasteiger charge is 2.35. The second kappa shape index (κ2) is 20.3. The minimum atomic E-state index is -1.09. The van der Waals surface area contributed by atoms with E-state index in [2.05, 4.69) is 15.5 Å².